The van der Waals surface area contributed by atoms with Crippen molar-refractivity contribution in [2.75, 3.05) is 18.6 Å². The molecule has 11 heavy (non-hydrogen) atoms. The summed E-state index contributed by atoms with van der Waals surface area (Å²) in [5, 5.41) is 0. The third kappa shape index (κ3) is 2.11. The van der Waals surface area contributed by atoms with Gasteiger partial charge < -0.3 is 9.47 Å². The molecule has 0 aliphatic carbocycles. The molecule has 0 aromatic heterocycles. The van der Waals surface area contributed by atoms with Crippen molar-refractivity contribution in [2.24, 2.45) is 4.76 Å². The van der Waals surface area contributed by atoms with E-state index in [1.807, 2.05) is 0 Å². The number of hydrogen-bond acceptors (Lipinski definition) is 3. The van der Waals surface area contributed by atoms with Crippen LogP contribution in [0.2, 0.25) is 0 Å². The molecule has 1 atom stereocenters. The highest BCUT2D eigenvalue weighted by atomic mass is 35.5. The fourth-order valence-corrected chi connectivity index (χ4v) is 1.89. The Balaban J connectivity index is 2.60. The molecule has 0 amide bonds. The third-order valence-electron chi connectivity index (χ3n) is 1.11. The topological polar surface area (TPSA) is 47.9 Å². The molecule has 0 N–H and O–H groups in total. The zero-order valence-corrected chi connectivity index (χ0v) is 7.77. The van der Waals surface area contributed by atoms with Gasteiger partial charge in [-0.1, -0.05) is 0 Å². The summed E-state index contributed by atoms with van der Waals surface area (Å²) >= 11 is 5.41. The summed E-state index contributed by atoms with van der Waals surface area (Å²) in [7, 11) is -2.63. The highest BCUT2D eigenvalue weighted by Gasteiger charge is 2.30. The van der Waals surface area contributed by atoms with E-state index in [0.29, 0.717) is 6.61 Å². The Bertz CT molecular complexity index is 218. The van der Waals surface area contributed by atoms with Gasteiger partial charge in [0.05, 0.1) is 12.2 Å². The molecule has 1 rings (SSSR count). The lowest BCUT2D eigenvalue weighted by atomic mass is 10.9. The largest absolute Gasteiger partial charge is 0.451 e. The summed E-state index contributed by atoms with van der Waals surface area (Å²) in [6.07, 6.45) is 0.183. The standard InChI is InChI=1S/C5H9ClNO3P/c1-2-9-5-7-11(8,3-6)4-10-5/h2-4H2,1H3. The first-order valence-corrected chi connectivity index (χ1v) is 5.76. The van der Waals surface area contributed by atoms with Crippen molar-refractivity contribution in [3.8, 4) is 0 Å². The summed E-state index contributed by atoms with van der Waals surface area (Å²) in [6, 6.07) is 0. The van der Waals surface area contributed by atoms with Crippen LogP contribution in [0.5, 0.6) is 0 Å². The maximum atomic E-state index is 11.3. The van der Waals surface area contributed by atoms with E-state index in [9.17, 15) is 4.57 Å². The Morgan fingerprint density at radius 2 is 2.64 bits per heavy atom. The number of alkyl halides is 1. The van der Waals surface area contributed by atoms with Gasteiger partial charge in [0, 0.05) is 0 Å². The summed E-state index contributed by atoms with van der Waals surface area (Å²) < 4.78 is 24.8. The second-order valence-electron chi connectivity index (χ2n) is 2.04. The van der Waals surface area contributed by atoms with Crippen molar-refractivity contribution in [2.45, 2.75) is 6.92 Å². The Kier molecular flexibility index (Phi) is 2.79. The van der Waals surface area contributed by atoms with Crippen LogP contribution in [0, 0.1) is 0 Å². The van der Waals surface area contributed by atoms with Crippen molar-refractivity contribution in [1.82, 2.24) is 0 Å². The van der Waals surface area contributed by atoms with E-state index in [0.717, 1.165) is 0 Å². The average Bonchev–Trinajstić information content (AvgIpc) is 2.35. The van der Waals surface area contributed by atoms with Gasteiger partial charge >= 0.3 is 6.08 Å². The Labute approximate surface area is 70.0 Å². The van der Waals surface area contributed by atoms with E-state index < -0.39 is 7.29 Å². The van der Waals surface area contributed by atoms with Crippen LogP contribution < -0.4 is 0 Å². The molecule has 6 heteroatoms. The summed E-state index contributed by atoms with van der Waals surface area (Å²) in [4.78, 5) is 0. The van der Waals surface area contributed by atoms with Gasteiger partial charge in [0.25, 0.3) is 0 Å². The van der Waals surface area contributed by atoms with Crippen LogP contribution in [-0.2, 0) is 14.0 Å². The van der Waals surface area contributed by atoms with Crippen LogP contribution in [0.1, 0.15) is 6.92 Å². The molecule has 0 aromatic carbocycles. The van der Waals surface area contributed by atoms with Crippen LogP contribution in [-0.4, -0.2) is 24.7 Å². The molecule has 1 unspecified atom stereocenters. The first-order valence-electron chi connectivity index (χ1n) is 3.20. The van der Waals surface area contributed by atoms with Gasteiger partial charge in [0.1, 0.15) is 0 Å². The highest BCUT2D eigenvalue weighted by molar-refractivity contribution is 7.64. The monoisotopic (exact) mass is 197 g/mol. The maximum absolute atomic E-state index is 11.3. The van der Waals surface area contributed by atoms with Gasteiger partial charge in [-0.05, 0) is 6.92 Å². The molecule has 1 aliphatic rings. The number of ether oxygens (including phenoxy) is 2. The fourth-order valence-electron chi connectivity index (χ4n) is 0.618. The van der Waals surface area contributed by atoms with Gasteiger partial charge in [-0.2, -0.15) is 4.76 Å². The predicted octanol–water partition coefficient (Wildman–Crippen LogP) is 1.84. The van der Waals surface area contributed by atoms with Crippen molar-refractivity contribution < 1.29 is 14.0 Å². The van der Waals surface area contributed by atoms with E-state index in [2.05, 4.69) is 4.76 Å². The van der Waals surface area contributed by atoms with Crippen molar-refractivity contribution in [3.63, 3.8) is 0 Å². The van der Waals surface area contributed by atoms with Crippen LogP contribution in [0.4, 0.5) is 0 Å². The van der Waals surface area contributed by atoms with Gasteiger partial charge in [0.15, 0.2) is 6.35 Å². The fraction of sp³-hybridized carbons (Fsp3) is 0.800. The molecule has 0 radical (unpaired) electrons. The van der Waals surface area contributed by atoms with E-state index in [1.165, 1.54) is 0 Å². The average molecular weight is 198 g/mol. The molecule has 4 nitrogen and oxygen atoms in total. The molecule has 0 bridgehead atoms. The number of halogens is 1. The Morgan fingerprint density at radius 3 is 3.09 bits per heavy atom. The molecular formula is C5H9ClNO3P. The first-order chi connectivity index (χ1) is 5.20. The summed E-state index contributed by atoms with van der Waals surface area (Å²) in [5.41, 5.74) is 0.0174. The Hall–Kier alpha value is -0.210. The lowest BCUT2D eigenvalue weighted by Crippen LogP contribution is -2.03. The maximum Gasteiger partial charge on any atom is 0.390 e. The normalized spacial score (nSPS) is 29.5. The molecule has 0 aromatic rings. The van der Waals surface area contributed by atoms with Crippen LogP contribution in [0.15, 0.2) is 4.76 Å². The minimum Gasteiger partial charge on any atom is -0.451 e. The first kappa shape index (κ1) is 8.88. The molecule has 0 saturated carbocycles. The molecule has 0 fully saturated rings. The second-order valence-corrected chi connectivity index (χ2v) is 5.15. The quantitative estimate of drug-likeness (QED) is 0.501. The predicted molar refractivity (Wildman–Crippen MR) is 43.3 cm³/mol. The van der Waals surface area contributed by atoms with E-state index in [-0.39, 0.29) is 18.1 Å². The SMILES string of the molecule is CCOC1=NP(=O)(CCl)CO1. The van der Waals surface area contributed by atoms with Crippen molar-refractivity contribution in [3.05, 3.63) is 0 Å². The zero-order chi connectivity index (χ0) is 8.32. The second kappa shape index (κ2) is 3.46. The van der Waals surface area contributed by atoms with Gasteiger partial charge in [0.2, 0.25) is 7.29 Å². The van der Waals surface area contributed by atoms with E-state index in [4.69, 9.17) is 21.1 Å². The van der Waals surface area contributed by atoms with E-state index in [1.54, 1.807) is 6.92 Å². The lowest BCUT2D eigenvalue weighted by molar-refractivity contribution is 0.206. The van der Waals surface area contributed by atoms with Crippen molar-refractivity contribution in [1.29, 1.82) is 0 Å². The molecule has 1 heterocycles. The van der Waals surface area contributed by atoms with E-state index >= 15 is 0 Å². The van der Waals surface area contributed by atoms with Crippen LogP contribution in [0.25, 0.3) is 0 Å². The van der Waals surface area contributed by atoms with Crippen molar-refractivity contribution >= 4 is 25.0 Å². The van der Waals surface area contributed by atoms with Crippen LogP contribution in [0.3, 0.4) is 0 Å². The molecular weight excluding hydrogens is 188 g/mol. The molecule has 1 aliphatic heterocycles. The highest BCUT2D eigenvalue weighted by Crippen LogP contribution is 2.51. The zero-order valence-electron chi connectivity index (χ0n) is 6.12. The van der Waals surface area contributed by atoms with Crippen LogP contribution >= 0.6 is 18.9 Å². The summed E-state index contributed by atoms with van der Waals surface area (Å²) in [5.74, 6) is 0. The smallest absolute Gasteiger partial charge is 0.390 e. The summed E-state index contributed by atoms with van der Waals surface area (Å²) in [6.45, 7) is 2.26. The minimum absolute atomic E-state index is 0.0174. The molecule has 64 valence electrons. The number of hydrogen-bond donors (Lipinski definition) is 0. The number of nitrogens with zero attached hydrogens (tertiary/aromatic N) is 1. The minimum atomic E-state index is -2.63. The lowest BCUT2D eigenvalue weighted by Gasteiger charge is -1.98. The van der Waals surface area contributed by atoms with Gasteiger partial charge in [-0.15, -0.1) is 11.6 Å². The molecule has 0 spiro atoms. The number of rotatable bonds is 2. The molecule has 0 saturated heterocycles. The van der Waals surface area contributed by atoms with Gasteiger partial charge in [-0.25, -0.2) is 0 Å². The van der Waals surface area contributed by atoms with Gasteiger partial charge in [-0.3, -0.25) is 4.57 Å². The third-order valence-corrected chi connectivity index (χ3v) is 3.66. The Morgan fingerprint density at radius 1 is 1.91 bits per heavy atom.